The molecule has 1 rings (SSSR count). The van der Waals surface area contributed by atoms with E-state index in [4.69, 9.17) is 4.74 Å². The minimum atomic E-state index is 0.164. The van der Waals surface area contributed by atoms with Crippen LogP contribution in [0.1, 0.15) is 43.4 Å². The van der Waals surface area contributed by atoms with Crippen LogP contribution in [-0.2, 0) is 5.41 Å². The standard InChI is InChI=1S/C16H27NO/c1-7-16(8-2,11-17-5)14-10-12(3)9-13(4)15(14)18-6/h9-10,17H,7-8,11H2,1-6H3. The van der Waals surface area contributed by atoms with Crippen LogP contribution in [0.5, 0.6) is 5.75 Å². The van der Waals surface area contributed by atoms with Crippen LogP contribution in [0.2, 0.25) is 0 Å². The number of hydrogen-bond acceptors (Lipinski definition) is 2. The molecule has 0 aliphatic carbocycles. The Labute approximate surface area is 112 Å². The molecule has 0 saturated carbocycles. The van der Waals surface area contributed by atoms with E-state index < -0.39 is 0 Å². The Bertz CT molecular complexity index is 394. The number of hydrogen-bond donors (Lipinski definition) is 1. The first-order valence-electron chi connectivity index (χ1n) is 6.85. The normalized spacial score (nSPS) is 11.7. The molecule has 0 aliphatic rings. The quantitative estimate of drug-likeness (QED) is 0.832. The molecule has 2 heteroatoms. The van der Waals surface area contributed by atoms with Gasteiger partial charge >= 0.3 is 0 Å². The zero-order chi connectivity index (χ0) is 13.8. The molecule has 1 aromatic rings. The van der Waals surface area contributed by atoms with Gasteiger partial charge in [0.2, 0.25) is 0 Å². The lowest BCUT2D eigenvalue weighted by molar-refractivity contribution is 0.345. The maximum Gasteiger partial charge on any atom is 0.125 e. The van der Waals surface area contributed by atoms with E-state index in [1.807, 2.05) is 7.05 Å². The molecule has 18 heavy (non-hydrogen) atoms. The Kier molecular flexibility index (Phi) is 5.21. The molecule has 102 valence electrons. The summed E-state index contributed by atoms with van der Waals surface area (Å²) in [5, 5.41) is 3.34. The fraction of sp³-hybridized carbons (Fsp3) is 0.625. The van der Waals surface area contributed by atoms with Gasteiger partial charge < -0.3 is 10.1 Å². The van der Waals surface area contributed by atoms with E-state index in [0.717, 1.165) is 25.1 Å². The van der Waals surface area contributed by atoms with Gasteiger partial charge in [0.05, 0.1) is 7.11 Å². The largest absolute Gasteiger partial charge is 0.496 e. The van der Waals surface area contributed by atoms with Gasteiger partial charge in [-0.3, -0.25) is 0 Å². The Morgan fingerprint density at radius 1 is 1.17 bits per heavy atom. The summed E-state index contributed by atoms with van der Waals surface area (Å²) >= 11 is 0. The lowest BCUT2D eigenvalue weighted by atomic mass is 9.74. The highest BCUT2D eigenvalue weighted by molar-refractivity contribution is 5.48. The molecule has 0 spiro atoms. The monoisotopic (exact) mass is 249 g/mol. The molecule has 0 heterocycles. The van der Waals surface area contributed by atoms with Gasteiger partial charge in [-0.15, -0.1) is 0 Å². The van der Waals surface area contributed by atoms with Crippen molar-refractivity contribution in [3.63, 3.8) is 0 Å². The van der Waals surface area contributed by atoms with Gasteiger partial charge in [-0.05, 0) is 39.3 Å². The second kappa shape index (κ2) is 6.24. The van der Waals surface area contributed by atoms with Gasteiger partial charge in [0.1, 0.15) is 5.75 Å². The fourth-order valence-corrected chi connectivity index (χ4v) is 2.93. The van der Waals surface area contributed by atoms with E-state index in [9.17, 15) is 0 Å². The first-order chi connectivity index (χ1) is 8.54. The zero-order valence-corrected chi connectivity index (χ0v) is 12.7. The summed E-state index contributed by atoms with van der Waals surface area (Å²) in [6.45, 7) is 9.80. The van der Waals surface area contributed by atoms with Crippen molar-refractivity contribution in [2.24, 2.45) is 0 Å². The van der Waals surface area contributed by atoms with Crippen LogP contribution in [0.3, 0.4) is 0 Å². The molecule has 0 radical (unpaired) electrons. The third kappa shape index (κ3) is 2.69. The van der Waals surface area contributed by atoms with Gasteiger partial charge in [-0.1, -0.05) is 31.5 Å². The zero-order valence-electron chi connectivity index (χ0n) is 12.7. The van der Waals surface area contributed by atoms with Crippen LogP contribution in [-0.4, -0.2) is 20.7 Å². The molecule has 0 amide bonds. The summed E-state index contributed by atoms with van der Waals surface area (Å²) in [6, 6.07) is 4.48. The van der Waals surface area contributed by atoms with Gasteiger partial charge in [0.25, 0.3) is 0 Å². The van der Waals surface area contributed by atoms with E-state index in [1.165, 1.54) is 16.7 Å². The second-order valence-corrected chi connectivity index (χ2v) is 5.18. The molecular formula is C16H27NO. The Balaban J connectivity index is 3.43. The van der Waals surface area contributed by atoms with Crippen LogP contribution in [0.25, 0.3) is 0 Å². The van der Waals surface area contributed by atoms with Crippen molar-refractivity contribution in [1.29, 1.82) is 0 Å². The van der Waals surface area contributed by atoms with Crippen molar-refractivity contribution >= 4 is 0 Å². The average Bonchev–Trinajstić information content (AvgIpc) is 2.35. The SMILES string of the molecule is CCC(CC)(CNC)c1cc(C)cc(C)c1OC. The summed E-state index contributed by atoms with van der Waals surface area (Å²) in [5.74, 6) is 1.06. The lowest BCUT2D eigenvalue weighted by Crippen LogP contribution is -2.36. The van der Waals surface area contributed by atoms with Gasteiger partial charge in [0, 0.05) is 17.5 Å². The number of ether oxygens (including phenoxy) is 1. The molecule has 0 unspecified atom stereocenters. The number of benzene rings is 1. The van der Waals surface area contributed by atoms with Crippen molar-refractivity contribution in [2.45, 2.75) is 46.0 Å². The Morgan fingerprint density at radius 3 is 2.22 bits per heavy atom. The highest BCUT2D eigenvalue weighted by Crippen LogP contribution is 2.39. The number of likely N-dealkylation sites (N-methyl/N-ethyl adjacent to an activating group) is 1. The number of aryl methyl sites for hydroxylation is 2. The van der Waals surface area contributed by atoms with Crippen LogP contribution >= 0.6 is 0 Å². The smallest absolute Gasteiger partial charge is 0.125 e. The van der Waals surface area contributed by atoms with Crippen molar-refractivity contribution in [1.82, 2.24) is 5.32 Å². The Morgan fingerprint density at radius 2 is 1.78 bits per heavy atom. The maximum atomic E-state index is 5.66. The minimum Gasteiger partial charge on any atom is -0.496 e. The second-order valence-electron chi connectivity index (χ2n) is 5.18. The summed E-state index contributed by atoms with van der Waals surface area (Å²) < 4.78 is 5.66. The van der Waals surface area contributed by atoms with E-state index >= 15 is 0 Å². The van der Waals surface area contributed by atoms with Gasteiger partial charge in [0.15, 0.2) is 0 Å². The number of rotatable bonds is 6. The molecule has 0 bridgehead atoms. The highest BCUT2D eigenvalue weighted by atomic mass is 16.5. The van der Waals surface area contributed by atoms with E-state index in [-0.39, 0.29) is 5.41 Å². The van der Waals surface area contributed by atoms with Crippen molar-refractivity contribution in [3.05, 3.63) is 28.8 Å². The summed E-state index contributed by atoms with van der Waals surface area (Å²) in [7, 11) is 3.80. The van der Waals surface area contributed by atoms with Crippen molar-refractivity contribution in [3.8, 4) is 5.75 Å². The first kappa shape index (κ1) is 15.0. The van der Waals surface area contributed by atoms with Crippen LogP contribution < -0.4 is 10.1 Å². The third-order valence-corrected chi connectivity index (χ3v) is 4.06. The predicted octanol–water partition coefficient (Wildman–Crippen LogP) is 3.59. The summed E-state index contributed by atoms with van der Waals surface area (Å²) in [6.07, 6.45) is 2.23. The number of nitrogens with one attached hydrogen (secondary N) is 1. The van der Waals surface area contributed by atoms with E-state index in [0.29, 0.717) is 0 Å². The Hall–Kier alpha value is -1.02. The number of methoxy groups -OCH3 is 1. The predicted molar refractivity (Wildman–Crippen MR) is 78.7 cm³/mol. The summed E-state index contributed by atoms with van der Waals surface area (Å²) in [4.78, 5) is 0. The summed E-state index contributed by atoms with van der Waals surface area (Å²) in [5.41, 5.74) is 4.05. The van der Waals surface area contributed by atoms with Crippen molar-refractivity contribution < 1.29 is 4.74 Å². The molecule has 0 saturated heterocycles. The molecule has 1 N–H and O–H groups in total. The lowest BCUT2D eigenvalue weighted by Gasteiger charge is -2.34. The average molecular weight is 249 g/mol. The first-order valence-corrected chi connectivity index (χ1v) is 6.85. The highest BCUT2D eigenvalue weighted by Gasteiger charge is 2.31. The third-order valence-electron chi connectivity index (χ3n) is 4.06. The van der Waals surface area contributed by atoms with Gasteiger partial charge in [-0.25, -0.2) is 0 Å². The van der Waals surface area contributed by atoms with E-state index in [2.05, 4.69) is 45.1 Å². The molecule has 0 aromatic heterocycles. The van der Waals surface area contributed by atoms with E-state index in [1.54, 1.807) is 7.11 Å². The van der Waals surface area contributed by atoms with Gasteiger partial charge in [-0.2, -0.15) is 0 Å². The van der Waals surface area contributed by atoms with Crippen LogP contribution in [0.15, 0.2) is 12.1 Å². The maximum absolute atomic E-state index is 5.66. The molecule has 0 atom stereocenters. The van der Waals surface area contributed by atoms with Crippen molar-refractivity contribution in [2.75, 3.05) is 20.7 Å². The minimum absolute atomic E-state index is 0.164. The van der Waals surface area contributed by atoms with Crippen LogP contribution in [0.4, 0.5) is 0 Å². The topological polar surface area (TPSA) is 21.3 Å². The molecule has 0 fully saturated rings. The molecule has 1 aromatic carbocycles. The molecule has 0 aliphatic heterocycles. The molecular weight excluding hydrogens is 222 g/mol. The van der Waals surface area contributed by atoms with Crippen LogP contribution in [0, 0.1) is 13.8 Å². The molecule has 2 nitrogen and oxygen atoms in total. The fourth-order valence-electron chi connectivity index (χ4n) is 2.93.